The fourth-order valence-electron chi connectivity index (χ4n) is 2.20. The predicted molar refractivity (Wildman–Crippen MR) is 69.9 cm³/mol. The molecule has 0 aliphatic heterocycles. The summed E-state index contributed by atoms with van der Waals surface area (Å²) in [6.45, 7) is 9.45. The average Bonchev–Trinajstić information content (AvgIpc) is 2.21. The molecule has 0 spiro atoms. The SMILES string of the molecule is CC(C)NCCC(=O)OC1CCC(C)(C)CC1. The van der Waals surface area contributed by atoms with Crippen LogP contribution in [-0.2, 0) is 9.53 Å². The molecule has 3 nitrogen and oxygen atoms in total. The van der Waals surface area contributed by atoms with Crippen molar-refractivity contribution in [3.05, 3.63) is 0 Å². The van der Waals surface area contributed by atoms with Crippen molar-refractivity contribution in [2.24, 2.45) is 5.41 Å². The van der Waals surface area contributed by atoms with Crippen LogP contribution in [0.2, 0.25) is 0 Å². The summed E-state index contributed by atoms with van der Waals surface area (Å²) < 4.78 is 5.49. The number of ether oxygens (including phenoxy) is 1. The lowest BCUT2D eigenvalue weighted by atomic mass is 9.76. The van der Waals surface area contributed by atoms with Crippen LogP contribution < -0.4 is 5.32 Å². The van der Waals surface area contributed by atoms with E-state index >= 15 is 0 Å². The van der Waals surface area contributed by atoms with Gasteiger partial charge < -0.3 is 10.1 Å². The number of hydrogen-bond donors (Lipinski definition) is 1. The zero-order valence-electron chi connectivity index (χ0n) is 11.7. The van der Waals surface area contributed by atoms with Gasteiger partial charge in [-0.2, -0.15) is 0 Å². The van der Waals surface area contributed by atoms with Gasteiger partial charge in [0.2, 0.25) is 0 Å². The number of nitrogens with one attached hydrogen (secondary N) is 1. The fraction of sp³-hybridized carbons (Fsp3) is 0.929. The van der Waals surface area contributed by atoms with Crippen LogP contribution in [0.25, 0.3) is 0 Å². The van der Waals surface area contributed by atoms with Gasteiger partial charge in [-0.1, -0.05) is 27.7 Å². The maximum atomic E-state index is 11.6. The molecule has 1 saturated carbocycles. The molecule has 0 aromatic heterocycles. The van der Waals surface area contributed by atoms with Crippen molar-refractivity contribution in [2.45, 2.75) is 71.9 Å². The molecule has 0 heterocycles. The van der Waals surface area contributed by atoms with Gasteiger partial charge in [-0.25, -0.2) is 0 Å². The first kappa shape index (κ1) is 14.5. The second-order valence-electron chi connectivity index (χ2n) is 6.21. The molecule has 0 aromatic rings. The molecule has 1 fully saturated rings. The molecule has 3 heteroatoms. The van der Waals surface area contributed by atoms with E-state index in [1.165, 1.54) is 0 Å². The Morgan fingerprint density at radius 3 is 2.47 bits per heavy atom. The summed E-state index contributed by atoms with van der Waals surface area (Å²) >= 11 is 0. The van der Waals surface area contributed by atoms with Gasteiger partial charge in [0.1, 0.15) is 6.10 Å². The van der Waals surface area contributed by atoms with Crippen molar-refractivity contribution in [1.29, 1.82) is 0 Å². The Morgan fingerprint density at radius 1 is 1.35 bits per heavy atom. The second kappa shape index (κ2) is 6.39. The first-order valence-corrected chi connectivity index (χ1v) is 6.82. The maximum absolute atomic E-state index is 11.6. The average molecular weight is 241 g/mol. The van der Waals surface area contributed by atoms with Gasteiger partial charge in [0.15, 0.2) is 0 Å². The van der Waals surface area contributed by atoms with Gasteiger partial charge in [-0.15, -0.1) is 0 Å². The van der Waals surface area contributed by atoms with Gasteiger partial charge in [-0.05, 0) is 31.1 Å². The molecule has 0 aromatic carbocycles. The van der Waals surface area contributed by atoms with Crippen LogP contribution in [0.5, 0.6) is 0 Å². The second-order valence-corrected chi connectivity index (χ2v) is 6.21. The molecule has 0 bridgehead atoms. The molecular weight excluding hydrogens is 214 g/mol. The summed E-state index contributed by atoms with van der Waals surface area (Å²) in [7, 11) is 0. The lowest BCUT2D eigenvalue weighted by Gasteiger charge is -2.33. The molecule has 0 saturated heterocycles. The third-order valence-electron chi connectivity index (χ3n) is 3.47. The Balaban J connectivity index is 2.15. The first-order valence-electron chi connectivity index (χ1n) is 6.82. The first-order chi connectivity index (χ1) is 7.89. The van der Waals surface area contributed by atoms with Gasteiger partial charge >= 0.3 is 5.97 Å². The maximum Gasteiger partial charge on any atom is 0.307 e. The minimum Gasteiger partial charge on any atom is -0.462 e. The van der Waals surface area contributed by atoms with Crippen molar-refractivity contribution < 1.29 is 9.53 Å². The molecule has 0 unspecified atom stereocenters. The highest BCUT2D eigenvalue weighted by Gasteiger charge is 2.28. The van der Waals surface area contributed by atoms with Crippen LogP contribution in [0.15, 0.2) is 0 Å². The van der Waals surface area contributed by atoms with Gasteiger partial charge in [0.05, 0.1) is 6.42 Å². The van der Waals surface area contributed by atoms with Gasteiger partial charge in [-0.3, -0.25) is 4.79 Å². The van der Waals surface area contributed by atoms with Crippen LogP contribution >= 0.6 is 0 Å². The van der Waals surface area contributed by atoms with Crippen molar-refractivity contribution >= 4 is 5.97 Å². The molecule has 100 valence electrons. The molecular formula is C14H27NO2. The number of hydrogen-bond acceptors (Lipinski definition) is 3. The Bertz CT molecular complexity index is 239. The minimum atomic E-state index is -0.0529. The zero-order chi connectivity index (χ0) is 12.9. The monoisotopic (exact) mass is 241 g/mol. The van der Waals surface area contributed by atoms with Crippen molar-refractivity contribution in [3.63, 3.8) is 0 Å². The van der Waals surface area contributed by atoms with E-state index in [0.717, 1.165) is 25.7 Å². The topological polar surface area (TPSA) is 38.3 Å². The third kappa shape index (κ3) is 6.06. The van der Waals surface area contributed by atoms with E-state index in [9.17, 15) is 4.79 Å². The molecule has 0 amide bonds. The third-order valence-corrected chi connectivity index (χ3v) is 3.47. The molecule has 1 aliphatic carbocycles. The molecule has 1 rings (SSSR count). The van der Waals surface area contributed by atoms with E-state index in [2.05, 4.69) is 33.0 Å². The number of carbonyl (C=O) groups is 1. The lowest BCUT2D eigenvalue weighted by molar-refractivity contribution is -0.151. The molecule has 0 atom stereocenters. The van der Waals surface area contributed by atoms with E-state index in [1.54, 1.807) is 0 Å². The highest BCUT2D eigenvalue weighted by molar-refractivity contribution is 5.69. The largest absolute Gasteiger partial charge is 0.462 e. The summed E-state index contributed by atoms with van der Waals surface area (Å²) in [4.78, 5) is 11.6. The minimum absolute atomic E-state index is 0.0529. The van der Waals surface area contributed by atoms with E-state index < -0.39 is 0 Å². The standard InChI is InChI=1S/C14H27NO2/c1-11(2)15-10-7-13(16)17-12-5-8-14(3,4)9-6-12/h11-12,15H,5-10H2,1-4H3. The zero-order valence-corrected chi connectivity index (χ0v) is 11.7. The van der Waals surface area contributed by atoms with Crippen LogP contribution in [0.3, 0.4) is 0 Å². The normalized spacial score (nSPS) is 20.5. The Labute approximate surface area is 105 Å². The smallest absolute Gasteiger partial charge is 0.307 e. The molecule has 17 heavy (non-hydrogen) atoms. The quantitative estimate of drug-likeness (QED) is 0.752. The number of carbonyl (C=O) groups excluding carboxylic acids is 1. The highest BCUT2D eigenvalue weighted by atomic mass is 16.5. The van der Waals surface area contributed by atoms with Crippen LogP contribution in [0, 0.1) is 5.41 Å². The van der Waals surface area contributed by atoms with Gasteiger partial charge in [0, 0.05) is 12.6 Å². The highest BCUT2D eigenvalue weighted by Crippen LogP contribution is 2.36. The van der Waals surface area contributed by atoms with Gasteiger partial charge in [0.25, 0.3) is 0 Å². The van der Waals surface area contributed by atoms with E-state index in [1.807, 2.05) is 0 Å². The Kier molecular flexibility index (Phi) is 5.44. The number of esters is 1. The summed E-state index contributed by atoms with van der Waals surface area (Å²) in [6, 6.07) is 0.429. The van der Waals surface area contributed by atoms with Crippen molar-refractivity contribution in [2.75, 3.05) is 6.54 Å². The lowest BCUT2D eigenvalue weighted by Crippen LogP contribution is -2.30. The van der Waals surface area contributed by atoms with Crippen LogP contribution in [0.4, 0.5) is 0 Å². The van der Waals surface area contributed by atoms with E-state index in [4.69, 9.17) is 4.74 Å². The predicted octanol–water partition coefficient (Wildman–Crippen LogP) is 2.89. The summed E-state index contributed by atoms with van der Waals surface area (Å²) in [6.07, 6.45) is 5.02. The Hall–Kier alpha value is -0.570. The summed E-state index contributed by atoms with van der Waals surface area (Å²) in [5.74, 6) is -0.0529. The Morgan fingerprint density at radius 2 is 1.94 bits per heavy atom. The number of rotatable bonds is 5. The van der Waals surface area contributed by atoms with E-state index in [0.29, 0.717) is 24.4 Å². The molecule has 1 N–H and O–H groups in total. The van der Waals surface area contributed by atoms with Crippen LogP contribution in [0.1, 0.15) is 59.8 Å². The van der Waals surface area contributed by atoms with Crippen LogP contribution in [-0.4, -0.2) is 24.7 Å². The fourth-order valence-corrected chi connectivity index (χ4v) is 2.20. The van der Waals surface area contributed by atoms with Crippen molar-refractivity contribution in [3.8, 4) is 0 Å². The summed E-state index contributed by atoms with van der Waals surface area (Å²) in [5.41, 5.74) is 0.433. The summed E-state index contributed by atoms with van der Waals surface area (Å²) in [5, 5.41) is 3.23. The van der Waals surface area contributed by atoms with E-state index in [-0.39, 0.29) is 12.1 Å². The molecule has 0 radical (unpaired) electrons. The molecule has 1 aliphatic rings. The van der Waals surface area contributed by atoms with Crippen molar-refractivity contribution in [1.82, 2.24) is 5.32 Å².